The minimum atomic E-state index is -0.0289. The fourth-order valence-electron chi connectivity index (χ4n) is 7.11. The summed E-state index contributed by atoms with van der Waals surface area (Å²) in [5, 5.41) is 2.26. The number of nitrogens with zero attached hydrogens (tertiary/aromatic N) is 4. The SMILES string of the molecule is Cc1cnc2cc(-c3cc(-c4cc(-c5ccccn5)[c-]cc4C)cc(C(C)(C)C)c3)c3ncccc3c2c1.[Ir].[c-]1cccc(-c2ccccc2)c1-c1ccccn1. The van der Waals surface area contributed by atoms with E-state index in [9.17, 15) is 0 Å². The van der Waals surface area contributed by atoms with E-state index in [2.05, 4.69) is 123 Å². The van der Waals surface area contributed by atoms with Gasteiger partial charge in [-0.2, -0.15) is 0 Å². The van der Waals surface area contributed by atoms with Crippen LogP contribution >= 0.6 is 0 Å². The minimum absolute atomic E-state index is 0. The Morgan fingerprint density at radius 1 is 0.526 bits per heavy atom. The number of fused-ring (bicyclic) bond motifs is 3. The summed E-state index contributed by atoms with van der Waals surface area (Å²) in [6, 6.07) is 54.8. The van der Waals surface area contributed by atoms with Gasteiger partial charge in [-0.25, -0.2) is 0 Å². The molecule has 0 aliphatic rings. The molecule has 281 valence electrons. The number of hydrogen-bond acceptors (Lipinski definition) is 4. The molecule has 0 saturated heterocycles. The number of rotatable bonds is 5. The van der Waals surface area contributed by atoms with E-state index in [0.717, 1.165) is 66.6 Å². The van der Waals surface area contributed by atoms with Crippen LogP contribution in [0.25, 0.3) is 77.7 Å². The standard InChI is InChI=1S/C35H30N3.C17H12N.Ir/c1-22-15-31-28-9-8-14-37-34(28)30(20-33(31)38-21-22)26-16-25(17-27(18-26)35(3,4)5)29-19-24(12-11-23(29)2)32-10-6-7-13-36-32;1-2-8-14(9-3-1)15-10-4-5-11-16(15)17-12-6-7-13-18-17;/h6-11,13-21H,1-5H3;1-10,12-13H;/q2*-1;. The molecule has 0 saturated carbocycles. The minimum Gasteiger partial charge on any atom is -0.305 e. The molecule has 1 radical (unpaired) electrons. The normalized spacial score (nSPS) is 11.1. The molecule has 0 bridgehead atoms. The van der Waals surface area contributed by atoms with Crippen molar-refractivity contribution in [2.24, 2.45) is 0 Å². The molecule has 5 heteroatoms. The van der Waals surface area contributed by atoms with Gasteiger partial charge in [-0.05, 0) is 82.4 Å². The zero-order valence-corrected chi connectivity index (χ0v) is 35.1. The number of benzene rings is 5. The van der Waals surface area contributed by atoms with Gasteiger partial charge in [-0.1, -0.05) is 117 Å². The first-order valence-corrected chi connectivity index (χ1v) is 18.9. The summed E-state index contributed by atoms with van der Waals surface area (Å²) in [5.41, 5.74) is 16.4. The Morgan fingerprint density at radius 2 is 1.23 bits per heavy atom. The van der Waals surface area contributed by atoms with Gasteiger partial charge in [0.2, 0.25) is 0 Å². The van der Waals surface area contributed by atoms with Gasteiger partial charge >= 0.3 is 0 Å². The van der Waals surface area contributed by atoms with Crippen LogP contribution < -0.4 is 0 Å². The van der Waals surface area contributed by atoms with Crippen molar-refractivity contribution in [1.29, 1.82) is 0 Å². The summed E-state index contributed by atoms with van der Waals surface area (Å²) in [7, 11) is 0. The fourth-order valence-corrected chi connectivity index (χ4v) is 7.11. The zero-order chi connectivity index (χ0) is 38.6. The van der Waals surface area contributed by atoms with Crippen molar-refractivity contribution in [2.45, 2.75) is 40.0 Å². The molecule has 9 aromatic rings. The summed E-state index contributed by atoms with van der Waals surface area (Å²) in [6.07, 6.45) is 7.46. The Bertz CT molecular complexity index is 2740. The van der Waals surface area contributed by atoms with Gasteiger partial charge in [-0.15, -0.1) is 59.2 Å². The van der Waals surface area contributed by atoms with Gasteiger partial charge in [0, 0.05) is 61.2 Å². The van der Waals surface area contributed by atoms with Crippen molar-refractivity contribution < 1.29 is 20.1 Å². The van der Waals surface area contributed by atoms with Crippen molar-refractivity contribution in [3.63, 3.8) is 0 Å². The predicted molar refractivity (Wildman–Crippen MR) is 232 cm³/mol. The molecule has 0 amide bonds. The van der Waals surface area contributed by atoms with Crippen LogP contribution in [0.2, 0.25) is 0 Å². The molecule has 0 atom stereocenters. The molecular weight excluding hydrogens is 873 g/mol. The van der Waals surface area contributed by atoms with Crippen LogP contribution in [0.15, 0.2) is 164 Å². The van der Waals surface area contributed by atoms with Crippen LogP contribution in [-0.2, 0) is 25.5 Å². The molecule has 0 N–H and O–H groups in total. The number of aromatic nitrogens is 4. The van der Waals surface area contributed by atoms with Crippen LogP contribution in [-0.4, -0.2) is 19.9 Å². The van der Waals surface area contributed by atoms with E-state index in [4.69, 9.17) is 9.97 Å². The van der Waals surface area contributed by atoms with Gasteiger partial charge < -0.3 is 9.97 Å². The third kappa shape index (κ3) is 8.51. The first-order valence-electron chi connectivity index (χ1n) is 18.9. The van der Waals surface area contributed by atoms with Crippen LogP contribution in [0.5, 0.6) is 0 Å². The maximum atomic E-state index is 4.86. The molecule has 4 aromatic heterocycles. The molecule has 9 rings (SSSR count). The Balaban J connectivity index is 0.000000219. The van der Waals surface area contributed by atoms with Crippen molar-refractivity contribution in [3.05, 3.63) is 193 Å². The van der Waals surface area contributed by atoms with Gasteiger partial charge in [0.05, 0.1) is 11.0 Å². The predicted octanol–water partition coefficient (Wildman–Crippen LogP) is 13.1. The van der Waals surface area contributed by atoms with Crippen molar-refractivity contribution >= 4 is 21.8 Å². The first kappa shape index (κ1) is 39.1. The van der Waals surface area contributed by atoms with Crippen molar-refractivity contribution in [2.75, 3.05) is 0 Å². The van der Waals surface area contributed by atoms with E-state index in [1.807, 2.05) is 97.6 Å². The van der Waals surface area contributed by atoms with E-state index in [1.54, 1.807) is 0 Å². The van der Waals surface area contributed by atoms with E-state index in [-0.39, 0.29) is 25.5 Å². The van der Waals surface area contributed by atoms with Gasteiger partial charge in [0.15, 0.2) is 0 Å². The van der Waals surface area contributed by atoms with E-state index >= 15 is 0 Å². The molecule has 4 heterocycles. The Morgan fingerprint density at radius 3 is 1.95 bits per heavy atom. The topological polar surface area (TPSA) is 51.6 Å². The van der Waals surface area contributed by atoms with E-state index < -0.39 is 0 Å². The molecule has 0 fully saturated rings. The maximum Gasteiger partial charge on any atom is 0.0787 e. The number of aryl methyl sites for hydroxylation is 2. The van der Waals surface area contributed by atoms with Crippen molar-refractivity contribution in [1.82, 2.24) is 19.9 Å². The summed E-state index contributed by atoms with van der Waals surface area (Å²) in [6.45, 7) is 11.0. The van der Waals surface area contributed by atoms with Gasteiger partial charge in [-0.3, -0.25) is 9.97 Å². The summed E-state index contributed by atoms with van der Waals surface area (Å²) < 4.78 is 0. The molecule has 5 aromatic carbocycles. The number of hydrogen-bond donors (Lipinski definition) is 0. The molecule has 0 unspecified atom stereocenters. The molecule has 57 heavy (non-hydrogen) atoms. The largest absolute Gasteiger partial charge is 0.305 e. The first-order chi connectivity index (χ1) is 27.2. The third-order valence-corrected chi connectivity index (χ3v) is 10.1. The van der Waals surface area contributed by atoms with Gasteiger partial charge in [0.1, 0.15) is 0 Å². The van der Waals surface area contributed by atoms with E-state index in [0.29, 0.717) is 0 Å². The van der Waals surface area contributed by atoms with Crippen LogP contribution in [0.3, 0.4) is 0 Å². The third-order valence-electron chi connectivity index (χ3n) is 10.1. The van der Waals surface area contributed by atoms with Crippen molar-refractivity contribution in [3.8, 4) is 55.9 Å². The average Bonchev–Trinajstić information content (AvgIpc) is 3.24. The van der Waals surface area contributed by atoms with Crippen LogP contribution in [0, 0.1) is 26.0 Å². The quantitative estimate of drug-likeness (QED) is 0.127. The second-order valence-corrected chi connectivity index (χ2v) is 15.2. The Hall–Kier alpha value is -6.13. The fraction of sp³-hybridized carbons (Fsp3) is 0.115. The van der Waals surface area contributed by atoms with Crippen LogP contribution in [0.1, 0.15) is 37.5 Å². The zero-order valence-electron chi connectivity index (χ0n) is 32.7. The second kappa shape index (κ2) is 16.9. The number of pyridine rings is 4. The Kier molecular flexibility index (Phi) is 11.6. The van der Waals surface area contributed by atoms with Crippen LogP contribution in [0.4, 0.5) is 0 Å². The summed E-state index contributed by atoms with van der Waals surface area (Å²) >= 11 is 0. The molecule has 0 aliphatic carbocycles. The molecule has 0 aliphatic heterocycles. The molecule has 0 spiro atoms. The maximum absolute atomic E-state index is 4.86. The van der Waals surface area contributed by atoms with Gasteiger partial charge in [0.25, 0.3) is 0 Å². The monoisotopic (exact) mass is 915 g/mol. The molecule has 4 nitrogen and oxygen atoms in total. The molecular formula is C52H42IrN4-2. The summed E-state index contributed by atoms with van der Waals surface area (Å²) in [4.78, 5) is 18.6. The average molecular weight is 915 g/mol. The second-order valence-electron chi connectivity index (χ2n) is 15.2. The van der Waals surface area contributed by atoms with E-state index in [1.165, 1.54) is 27.8 Å². The Labute approximate surface area is 349 Å². The summed E-state index contributed by atoms with van der Waals surface area (Å²) in [5.74, 6) is 0. The smallest absolute Gasteiger partial charge is 0.0787 e.